The maximum atomic E-state index is 4.29. The molecule has 1 N–H and O–H groups in total. The predicted molar refractivity (Wildman–Crippen MR) is 68.7 cm³/mol. The molecule has 4 nitrogen and oxygen atoms in total. The molecule has 2 rings (SSSR count). The molecule has 0 aromatic carbocycles. The van der Waals surface area contributed by atoms with E-state index in [1.807, 2.05) is 7.05 Å². The first-order chi connectivity index (χ1) is 8.16. The number of hydrogen-bond donors (Lipinski definition) is 1. The van der Waals surface area contributed by atoms with Gasteiger partial charge in [0.25, 0.3) is 0 Å². The molecule has 1 aliphatic rings. The lowest BCUT2D eigenvalue weighted by molar-refractivity contribution is 0.208. The van der Waals surface area contributed by atoms with Gasteiger partial charge in [-0.3, -0.25) is 4.68 Å². The van der Waals surface area contributed by atoms with Crippen LogP contribution in [0.3, 0.4) is 0 Å². The van der Waals surface area contributed by atoms with Crippen LogP contribution in [0.5, 0.6) is 0 Å². The van der Waals surface area contributed by atoms with Gasteiger partial charge in [-0.1, -0.05) is 26.7 Å². The molecule has 1 fully saturated rings. The van der Waals surface area contributed by atoms with E-state index in [0.717, 1.165) is 30.6 Å². The van der Waals surface area contributed by atoms with Gasteiger partial charge in [-0.25, -0.2) is 4.98 Å². The van der Waals surface area contributed by atoms with E-state index < -0.39 is 0 Å². The predicted octanol–water partition coefficient (Wildman–Crippen LogP) is 1.77. The van der Waals surface area contributed by atoms with E-state index in [1.165, 1.54) is 19.3 Å². The summed E-state index contributed by atoms with van der Waals surface area (Å²) >= 11 is 0. The Morgan fingerprint density at radius 1 is 1.41 bits per heavy atom. The van der Waals surface area contributed by atoms with Gasteiger partial charge in [0, 0.05) is 26.1 Å². The molecule has 17 heavy (non-hydrogen) atoms. The van der Waals surface area contributed by atoms with Crippen molar-refractivity contribution in [1.82, 2.24) is 20.1 Å². The quantitative estimate of drug-likeness (QED) is 0.866. The Labute approximate surface area is 104 Å². The molecule has 1 heterocycles. The fourth-order valence-corrected chi connectivity index (χ4v) is 2.74. The van der Waals surface area contributed by atoms with E-state index in [1.54, 1.807) is 11.0 Å². The van der Waals surface area contributed by atoms with Crippen molar-refractivity contribution in [3.8, 4) is 0 Å². The van der Waals surface area contributed by atoms with Gasteiger partial charge in [0.05, 0.1) is 0 Å². The second-order valence-corrected chi connectivity index (χ2v) is 5.41. The number of rotatable bonds is 4. The van der Waals surface area contributed by atoms with Crippen molar-refractivity contribution in [2.45, 2.75) is 45.6 Å². The molecular formula is C13H24N4. The first-order valence-electron chi connectivity index (χ1n) is 6.74. The molecule has 0 bridgehead atoms. The summed E-state index contributed by atoms with van der Waals surface area (Å²) < 4.78 is 1.76. The van der Waals surface area contributed by atoms with Gasteiger partial charge in [0.1, 0.15) is 6.33 Å². The van der Waals surface area contributed by atoms with Gasteiger partial charge >= 0.3 is 0 Å². The molecule has 0 radical (unpaired) electrons. The van der Waals surface area contributed by atoms with Crippen molar-refractivity contribution < 1.29 is 0 Å². The van der Waals surface area contributed by atoms with E-state index in [4.69, 9.17) is 0 Å². The molecule has 4 heteroatoms. The molecular weight excluding hydrogens is 212 g/mol. The topological polar surface area (TPSA) is 42.7 Å². The van der Waals surface area contributed by atoms with Crippen LogP contribution >= 0.6 is 0 Å². The number of aromatic nitrogens is 3. The normalized spacial score (nSPS) is 29.5. The Balaban J connectivity index is 1.74. The molecule has 1 aromatic heterocycles. The molecule has 3 unspecified atom stereocenters. The van der Waals surface area contributed by atoms with Crippen molar-refractivity contribution in [3.05, 3.63) is 12.2 Å². The molecule has 1 aliphatic carbocycles. The summed E-state index contributed by atoms with van der Waals surface area (Å²) in [5.74, 6) is 2.59. The van der Waals surface area contributed by atoms with Crippen LogP contribution in [0.4, 0.5) is 0 Å². The van der Waals surface area contributed by atoms with Crippen LogP contribution in [0.2, 0.25) is 0 Å². The third-order valence-electron chi connectivity index (χ3n) is 4.11. The average molecular weight is 236 g/mol. The third-order valence-corrected chi connectivity index (χ3v) is 4.11. The first-order valence-corrected chi connectivity index (χ1v) is 6.74. The highest BCUT2D eigenvalue weighted by Gasteiger charge is 2.26. The fourth-order valence-electron chi connectivity index (χ4n) is 2.74. The van der Waals surface area contributed by atoms with E-state index in [-0.39, 0.29) is 0 Å². The van der Waals surface area contributed by atoms with Crippen LogP contribution in [0.1, 0.15) is 38.9 Å². The summed E-state index contributed by atoms with van der Waals surface area (Å²) in [7, 11) is 1.91. The largest absolute Gasteiger partial charge is 0.313 e. The third kappa shape index (κ3) is 3.28. The zero-order valence-corrected chi connectivity index (χ0v) is 11.2. The standard InChI is InChI=1S/C13H24N4/c1-10-5-4-6-12(11(10)2)14-8-7-13-15-9-17(3)16-13/h9-12,14H,4-8H2,1-3H3. The fraction of sp³-hybridized carbons (Fsp3) is 0.846. The van der Waals surface area contributed by atoms with Crippen LogP contribution in [0, 0.1) is 11.8 Å². The van der Waals surface area contributed by atoms with E-state index >= 15 is 0 Å². The SMILES string of the molecule is CC1CCCC(NCCc2ncn(C)n2)C1C. The maximum absolute atomic E-state index is 4.29. The van der Waals surface area contributed by atoms with E-state index in [0.29, 0.717) is 6.04 Å². The summed E-state index contributed by atoms with van der Waals surface area (Å²) in [5, 5.41) is 7.96. The average Bonchev–Trinajstić information content (AvgIpc) is 2.70. The highest BCUT2D eigenvalue weighted by atomic mass is 15.3. The zero-order chi connectivity index (χ0) is 12.3. The molecule has 0 amide bonds. The van der Waals surface area contributed by atoms with Gasteiger partial charge in [-0.15, -0.1) is 0 Å². The van der Waals surface area contributed by atoms with Crippen LogP contribution in [0.15, 0.2) is 6.33 Å². The lowest BCUT2D eigenvalue weighted by Crippen LogP contribution is -2.41. The lowest BCUT2D eigenvalue weighted by atomic mass is 9.78. The molecule has 0 aliphatic heterocycles. The van der Waals surface area contributed by atoms with E-state index in [9.17, 15) is 0 Å². The number of nitrogens with zero attached hydrogens (tertiary/aromatic N) is 3. The smallest absolute Gasteiger partial charge is 0.151 e. The molecule has 0 spiro atoms. The second kappa shape index (κ2) is 5.63. The minimum Gasteiger partial charge on any atom is -0.313 e. The van der Waals surface area contributed by atoms with Crippen molar-refractivity contribution in [2.75, 3.05) is 6.54 Å². The van der Waals surface area contributed by atoms with Crippen molar-refractivity contribution in [2.24, 2.45) is 18.9 Å². The van der Waals surface area contributed by atoms with Crippen LogP contribution < -0.4 is 5.32 Å². The van der Waals surface area contributed by atoms with Gasteiger partial charge in [0.15, 0.2) is 5.82 Å². The lowest BCUT2D eigenvalue weighted by Gasteiger charge is -2.34. The first kappa shape index (κ1) is 12.6. The summed E-state index contributed by atoms with van der Waals surface area (Å²) in [6.45, 7) is 5.74. The minimum absolute atomic E-state index is 0.683. The minimum atomic E-state index is 0.683. The Bertz CT molecular complexity index is 347. The van der Waals surface area contributed by atoms with Crippen molar-refractivity contribution >= 4 is 0 Å². The Morgan fingerprint density at radius 2 is 2.24 bits per heavy atom. The second-order valence-electron chi connectivity index (χ2n) is 5.41. The highest BCUT2D eigenvalue weighted by Crippen LogP contribution is 2.29. The zero-order valence-electron chi connectivity index (χ0n) is 11.2. The van der Waals surface area contributed by atoms with Gasteiger partial charge in [0.2, 0.25) is 0 Å². The van der Waals surface area contributed by atoms with Crippen LogP contribution in [-0.4, -0.2) is 27.4 Å². The summed E-state index contributed by atoms with van der Waals surface area (Å²) in [6.07, 6.45) is 6.77. The Kier molecular flexibility index (Phi) is 4.15. The summed E-state index contributed by atoms with van der Waals surface area (Å²) in [4.78, 5) is 4.24. The number of hydrogen-bond acceptors (Lipinski definition) is 3. The highest BCUT2D eigenvalue weighted by molar-refractivity contribution is 4.86. The molecule has 1 aromatic rings. The van der Waals surface area contributed by atoms with Crippen molar-refractivity contribution in [1.29, 1.82) is 0 Å². The Hall–Kier alpha value is -0.900. The number of nitrogens with one attached hydrogen (secondary N) is 1. The van der Waals surface area contributed by atoms with E-state index in [2.05, 4.69) is 29.2 Å². The van der Waals surface area contributed by atoms with Crippen LogP contribution in [-0.2, 0) is 13.5 Å². The van der Waals surface area contributed by atoms with Crippen LogP contribution in [0.25, 0.3) is 0 Å². The van der Waals surface area contributed by atoms with Gasteiger partial charge in [-0.2, -0.15) is 5.10 Å². The molecule has 1 saturated carbocycles. The number of aryl methyl sites for hydroxylation is 1. The maximum Gasteiger partial charge on any atom is 0.151 e. The molecule has 0 saturated heterocycles. The van der Waals surface area contributed by atoms with Gasteiger partial charge in [-0.05, 0) is 18.3 Å². The summed E-state index contributed by atoms with van der Waals surface area (Å²) in [5.41, 5.74) is 0. The van der Waals surface area contributed by atoms with Crippen molar-refractivity contribution in [3.63, 3.8) is 0 Å². The Morgan fingerprint density at radius 3 is 2.94 bits per heavy atom. The summed E-state index contributed by atoms with van der Waals surface area (Å²) in [6, 6.07) is 0.683. The monoisotopic (exact) mass is 236 g/mol. The van der Waals surface area contributed by atoms with Gasteiger partial charge < -0.3 is 5.32 Å². The molecule has 96 valence electrons. The molecule has 3 atom stereocenters.